The molecule has 1 amide bonds. The molecule has 1 aromatic carbocycles. The molecule has 0 aliphatic heterocycles. The summed E-state index contributed by atoms with van der Waals surface area (Å²) in [5.41, 5.74) is 0.612. The molecular formula is C11H13ClINO. The smallest absolute Gasteiger partial charge is 0.251 e. The van der Waals surface area contributed by atoms with E-state index in [4.69, 9.17) is 11.6 Å². The minimum absolute atomic E-state index is 0.0676. The van der Waals surface area contributed by atoms with E-state index in [1.807, 2.05) is 6.07 Å². The quantitative estimate of drug-likeness (QED) is 0.842. The van der Waals surface area contributed by atoms with Gasteiger partial charge in [-0.3, -0.25) is 4.79 Å². The first kappa shape index (κ1) is 12.8. The summed E-state index contributed by atoms with van der Waals surface area (Å²) < 4.78 is 0.953. The third-order valence-corrected chi connectivity index (χ3v) is 3.42. The van der Waals surface area contributed by atoms with Crippen LogP contribution in [0, 0.1) is 9.49 Å². The Morgan fingerprint density at radius 3 is 2.73 bits per heavy atom. The van der Waals surface area contributed by atoms with Crippen LogP contribution in [0.15, 0.2) is 18.2 Å². The van der Waals surface area contributed by atoms with Gasteiger partial charge in [0.1, 0.15) is 0 Å². The van der Waals surface area contributed by atoms with Gasteiger partial charge in [-0.15, -0.1) is 0 Å². The lowest BCUT2D eigenvalue weighted by atomic mass is 10.2. The van der Waals surface area contributed by atoms with Crippen LogP contribution >= 0.6 is 34.2 Å². The Morgan fingerprint density at radius 1 is 1.53 bits per heavy atom. The molecule has 0 spiro atoms. The van der Waals surface area contributed by atoms with E-state index >= 15 is 0 Å². The number of carbonyl (C=O) groups is 1. The molecule has 0 heterocycles. The SMILES string of the molecule is CC(C)CNC(=O)c1ccc(I)c(Cl)c1. The lowest BCUT2D eigenvalue weighted by molar-refractivity contribution is 0.0949. The Hall–Kier alpha value is -0.290. The molecule has 82 valence electrons. The van der Waals surface area contributed by atoms with Gasteiger partial charge in [0.25, 0.3) is 5.91 Å². The average Bonchev–Trinajstić information content (AvgIpc) is 2.18. The van der Waals surface area contributed by atoms with E-state index < -0.39 is 0 Å². The van der Waals surface area contributed by atoms with Gasteiger partial charge in [0, 0.05) is 15.7 Å². The zero-order valence-corrected chi connectivity index (χ0v) is 11.6. The highest BCUT2D eigenvalue weighted by Gasteiger charge is 2.07. The summed E-state index contributed by atoms with van der Waals surface area (Å²) in [5.74, 6) is 0.385. The maximum Gasteiger partial charge on any atom is 0.251 e. The Balaban J connectivity index is 2.70. The zero-order chi connectivity index (χ0) is 11.4. The molecule has 0 saturated carbocycles. The van der Waals surface area contributed by atoms with Gasteiger partial charge >= 0.3 is 0 Å². The molecule has 1 rings (SSSR count). The Kier molecular flexibility index (Phi) is 4.86. The standard InChI is InChI=1S/C11H13ClINO/c1-7(2)6-14-11(15)8-3-4-10(13)9(12)5-8/h3-5,7H,6H2,1-2H3,(H,14,15). The molecule has 0 aliphatic carbocycles. The molecule has 0 bridgehead atoms. The Morgan fingerprint density at radius 2 is 2.20 bits per heavy atom. The second-order valence-electron chi connectivity index (χ2n) is 3.73. The highest BCUT2D eigenvalue weighted by molar-refractivity contribution is 14.1. The number of benzene rings is 1. The normalized spacial score (nSPS) is 10.5. The molecule has 0 aliphatic rings. The van der Waals surface area contributed by atoms with E-state index in [2.05, 4.69) is 41.8 Å². The fraction of sp³-hybridized carbons (Fsp3) is 0.364. The van der Waals surface area contributed by atoms with Gasteiger partial charge in [-0.25, -0.2) is 0 Å². The van der Waals surface area contributed by atoms with Crippen molar-refractivity contribution in [2.24, 2.45) is 5.92 Å². The number of halogens is 2. The molecule has 0 fully saturated rings. The van der Waals surface area contributed by atoms with Crippen molar-refractivity contribution in [2.75, 3.05) is 6.54 Å². The maximum atomic E-state index is 11.6. The van der Waals surface area contributed by atoms with Crippen LogP contribution in [0.1, 0.15) is 24.2 Å². The van der Waals surface area contributed by atoms with Gasteiger partial charge < -0.3 is 5.32 Å². The zero-order valence-electron chi connectivity index (χ0n) is 8.68. The van der Waals surface area contributed by atoms with E-state index in [0.29, 0.717) is 23.0 Å². The predicted molar refractivity (Wildman–Crippen MR) is 71.3 cm³/mol. The first-order chi connectivity index (χ1) is 7.00. The third kappa shape index (κ3) is 3.99. The van der Waals surface area contributed by atoms with E-state index in [1.165, 1.54) is 0 Å². The number of carbonyl (C=O) groups excluding carboxylic acids is 1. The molecule has 0 radical (unpaired) electrons. The fourth-order valence-corrected chi connectivity index (χ4v) is 1.55. The Labute approximate surface area is 109 Å². The van der Waals surface area contributed by atoms with Crippen molar-refractivity contribution in [3.63, 3.8) is 0 Å². The van der Waals surface area contributed by atoms with E-state index in [9.17, 15) is 4.79 Å². The van der Waals surface area contributed by atoms with Crippen LogP contribution in [-0.4, -0.2) is 12.5 Å². The molecule has 0 aromatic heterocycles. The van der Waals surface area contributed by atoms with Crippen molar-refractivity contribution in [2.45, 2.75) is 13.8 Å². The molecule has 0 atom stereocenters. The summed E-state index contributed by atoms with van der Waals surface area (Å²) >= 11 is 8.07. The molecule has 1 N–H and O–H groups in total. The van der Waals surface area contributed by atoms with Crippen LogP contribution in [0.5, 0.6) is 0 Å². The van der Waals surface area contributed by atoms with Crippen molar-refractivity contribution in [3.05, 3.63) is 32.4 Å². The van der Waals surface area contributed by atoms with Gasteiger partial charge in [0.2, 0.25) is 0 Å². The van der Waals surface area contributed by atoms with Crippen LogP contribution in [0.3, 0.4) is 0 Å². The minimum atomic E-state index is -0.0676. The highest BCUT2D eigenvalue weighted by atomic mass is 127. The molecule has 15 heavy (non-hydrogen) atoms. The lowest BCUT2D eigenvalue weighted by Gasteiger charge is -2.08. The summed E-state index contributed by atoms with van der Waals surface area (Å²) in [6.45, 7) is 4.80. The predicted octanol–water partition coefficient (Wildman–Crippen LogP) is 3.33. The summed E-state index contributed by atoms with van der Waals surface area (Å²) in [4.78, 5) is 11.6. The van der Waals surface area contributed by atoms with Gasteiger partial charge in [-0.1, -0.05) is 25.4 Å². The number of hydrogen-bond donors (Lipinski definition) is 1. The lowest BCUT2D eigenvalue weighted by Crippen LogP contribution is -2.27. The molecule has 0 unspecified atom stereocenters. The summed E-state index contributed by atoms with van der Waals surface area (Å²) in [6.07, 6.45) is 0. The second kappa shape index (κ2) is 5.70. The van der Waals surface area contributed by atoms with Crippen LogP contribution < -0.4 is 5.32 Å². The highest BCUT2D eigenvalue weighted by Crippen LogP contribution is 2.19. The number of nitrogens with one attached hydrogen (secondary N) is 1. The molecule has 1 aromatic rings. The number of rotatable bonds is 3. The van der Waals surface area contributed by atoms with Crippen LogP contribution in [0.4, 0.5) is 0 Å². The van der Waals surface area contributed by atoms with E-state index in [1.54, 1.807) is 12.1 Å². The first-order valence-corrected chi connectivity index (χ1v) is 6.19. The van der Waals surface area contributed by atoms with Gasteiger partial charge in [-0.05, 0) is 46.7 Å². The maximum absolute atomic E-state index is 11.6. The van der Waals surface area contributed by atoms with Crippen molar-refractivity contribution in [1.82, 2.24) is 5.32 Å². The first-order valence-electron chi connectivity index (χ1n) is 4.74. The molecule has 0 saturated heterocycles. The molecule has 2 nitrogen and oxygen atoms in total. The van der Waals surface area contributed by atoms with Crippen LogP contribution in [0.2, 0.25) is 5.02 Å². The molecular weight excluding hydrogens is 324 g/mol. The summed E-state index contributed by atoms with van der Waals surface area (Å²) in [6, 6.07) is 5.31. The minimum Gasteiger partial charge on any atom is -0.352 e. The van der Waals surface area contributed by atoms with Crippen molar-refractivity contribution < 1.29 is 4.79 Å². The van der Waals surface area contributed by atoms with Crippen molar-refractivity contribution in [1.29, 1.82) is 0 Å². The van der Waals surface area contributed by atoms with E-state index in [-0.39, 0.29) is 5.91 Å². The van der Waals surface area contributed by atoms with Gasteiger partial charge in [-0.2, -0.15) is 0 Å². The topological polar surface area (TPSA) is 29.1 Å². The monoisotopic (exact) mass is 337 g/mol. The average molecular weight is 338 g/mol. The summed E-state index contributed by atoms with van der Waals surface area (Å²) in [7, 11) is 0. The largest absolute Gasteiger partial charge is 0.352 e. The van der Waals surface area contributed by atoms with Crippen molar-refractivity contribution in [3.8, 4) is 0 Å². The molecule has 4 heteroatoms. The van der Waals surface area contributed by atoms with Crippen molar-refractivity contribution >= 4 is 40.1 Å². The van der Waals surface area contributed by atoms with Crippen LogP contribution in [0.25, 0.3) is 0 Å². The van der Waals surface area contributed by atoms with Gasteiger partial charge in [0.05, 0.1) is 5.02 Å². The number of hydrogen-bond acceptors (Lipinski definition) is 1. The third-order valence-electron chi connectivity index (χ3n) is 1.85. The van der Waals surface area contributed by atoms with E-state index in [0.717, 1.165) is 3.57 Å². The van der Waals surface area contributed by atoms with Crippen LogP contribution in [-0.2, 0) is 0 Å². The second-order valence-corrected chi connectivity index (χ2v) is 5.30. The van der Waals surface area contributed by atoms with Gasteiger partial charge in [0.15, 0.2) is 0 Å². The fourth-order valence-electron chi connectivity index (χ4n) is 1.04. The number of amides is 1. The Bertz CT molecular complexity index is 366. The summed E-state index contributed by atoms with van der Waals surface area (Å²) in [5, 5.41) is 3.46.